The third-order valence-electron chi connectivity index (χ3n) is 5.50. The fraction of sp³-hybridized carbons (Fsp3) is 0.947. The number of esters is 1. The molecular weight excluding hydrogens is 370 g/mol. The van der Waals surface area contributed by atoms with Crippen LogP contribution in [0.4, 0.5) is 0 Å². The SMILES string of the molecule is CC(C)(C)OC(=O)C1(S(=O)(=O)N2CCC(CCCCO)CC2)CCOCC1. The molecule has 0 saturated carbocycles. The van der Waals surface area contributed by atoms with Gasteiger partial charge in [-0.1, -0.05) is 12.8 Å². The lowest BCUT2D eigenvalue weighted by atomic mass is 9.92. The van der Waals surface area contributed by atoms with Gasteiger partial charge in [-0.15, -0.1) is 0 Å². The summed E-state index contributed by atoms with van der Waals surface area (Å²) in [6, 6.07) is 0. The predicted octanol–water partition coefficient (Wildman–Crippen LogP) is 2.08. The quantitative estimate of drug-likeness (QED) is 0.515. The molecule has 27 heavy (non-hydrogen) atoms. The number of aliphatic hydroxyl groups excluding tert-OH is 1. The Balaban J connectivity index is 2.12. The summed E-state index contributed by atoms with van der Waals surface area (Å²) in [5, 5.41) is 8.91. The lowest BCUT2D eigenvalue weighted by Crippen LogP contribution is -2.59. The Morgan fingerprint density at radius 3 is 2.30 bits per heavy atom. The number of sulfonamides is 1. The molecule has 0 aromatic carbocycles. The van der Waals surface area contributed by atoms with Crippen molar-refractivity contribution in [3.8, 4) is 0 Å². The van der Waals surface area contributed by atoms with Crippen LogP contribution in [-0.4, -0.2) is 67.1 Å². The highest BCUT2D eigenvalue weighted by Crippen LogP contribution is 2.37. The van der Waals surface area contributed by atoms with E-state index in [1.165, 1.54) is 4.31 Å². The minimum atomic E-state index is -3.83. The van der Waals surface area contributed by atoms with Crippen LogP contribution < -0.4 is 0 Å². The minimum absolute atomic E-state index is 0.140. The van der Waals surface area contributed by atoms with Crippen LogP contribution in [0.1, 0.15) is 65.7 Å². The largest absolute Gasteiger partial charge is 0.459 e. The number of carbonyl (C=O) groups excluding carboxylic acids is 1. The number of rotatable bonds is 7. The van der Waals surface area contributed by atoms with E-state index in [-0.39, 0.29) is 32.7 Å². The molecule has 0 unspecified atom stereocenters. The molecule has 2 aliphatic rings. The Kier molecular flexibility index (Phi) is 7.70. The van der Waals surface area contributed by atoms with Crippen molar-refractivity contribution < 1.29 is 27.8 Å². The molecule has 2 rings (SSSR count). The van der Waals surface area contributed by atoms with Gasteiger partial charge in [0, 0.05) is 45.8 Å². The molecule has 0 aromatic rings. The van der Waals surface area contributed by atoms with Crippen LogP contribution in [-0.2, 0) is 24.3 Å². The number of unbranched alkanes of at least 4 members (excludes halogenated alkanes) is 1. The smallest absolute Gasteiger partial charge is 0.329 e. The predicted molar refractivity (Wildman–Crippen MR) is 103 cm³/mol. The zero-order valence-corrected chi connectivity index (χ0v) is 17.7. The molecule has 0 radical (unpaired) electrons. The van der Waals surface area contributed by atoms with E-state index in [0.29, 0.717) is 19.0 Å². The number of ether oxygens (including phenoxy) is 2. The van der Waals surface area contributed by atoms with E-state index < -0.39 is 26.3 Å². The molecule has 2 saturated heterocycles. The molecule has 8 heteroatoms. The van der Waals surface area contributed by atoms with Gasteiger partial charge in [0.15, 0.2) is 4.75 Å². The first-order chi connectivity index (χ1) is 12.6. The van der Waals surface area contributed by atoms with Crippen LogP contribution >= 0.6 is 0 Å². The third kappa shape index (κ3) is 5.43. The maximum absolute atomic E-state index is 13.5. The lowest BCUT2D eigenvalue weighted by molar-refractivity contribution is -0.161. The number of hydrogen-bond donors (Lipinski definition) is 1. The summed E-state index contributed by atoms with van der Waals surface area (Å²) in [5.41, 5.74) is -0.738. The number of aliphatic hydroxyl groups is 1. The van der Waals surface area contributed by atoms with E-state index in [0.717, 1.165) is 32.1 Å². The Bertz CT molecular complexity index is 584. The molecule has 0 aromatic heterocycles. The van der Waals surface area contributed by atoms with Gasteiger partial charge in [0.1, 0.15) is 5.60 Å². The van der Waals surface area contributed by atoms with Crippen molar-refractivity contribution in [2.45, 2.75) is 76.1 Å². The zero-order valence-electron chi connectivity index (χ0n) is 16.9. The summed E-state index contributed by atoms with van der Waals surface area (Å²) in [6.45, 7) is 6.84. The van der Waals surface area contributed by atoms with Gasteiger partial charge in [-0.25, -0.2) is 12.7 Å². The van der Waals surface area contributed by atoms with E-state index >= 15 is 0 Å². The van der Waals surface area contributed by atoms with Crippen LogP contribution in [0.2, 0.25) is 0 Å². The molecule has 1 N–H and O–H groups in total. The number of nitrogens with zero attached hydrogens (tertiary/aromatic N) is 1. The molecule has 158 valence electrons. The lowest BCUT2D eigenvalue weighted by Gasteiger charge is -2.41. The summed E-state index contributed by atoms with van der Waals surface area (Å²) < 4.78 is 37.8. The number of piperidine rings is 1. The fourth-order valence-corrected chi connectivity index (χ4v) is 5.99. The molecule has 0 atom stereocenters. The maximum atomic E-state index is 13.5. The van der Waals surface area contributed by atoms with Crippen molar-refractivity contribution in [2.75, 3.05) is 32.9 Å². The van der Waals surface area contributed by atoms with Gasteiger partial charge < -0.3 is 14.6 Å². The highest BCUT2D eigenvalue weighted by molar-refractivity contribution is 7.91. The van der Waals surface area contributed by atoms with Gasteiger partial charge in [-0.05, 0) is 46.0 Å². The Hall–Kier alpha value is -0.700. The van der Waals surface area contributed by atoms with E-state index in [2.05, 4.69) is 0 Å². The second-order valence-electron chi connectivity index (χ2n) is 8.68. The summed E-state index contributed by atoms with van der Waals surface area (Å²) in [4.78, 5) is 13.0. The van der Waals surface area contributed by atoms with Crippen molar-refractivity contribution in [1.82, 2.24) is 4.31 Å². The van der Waals surface area contributed by atoms with Crippen molar-refractivity contribution in [3.05, 3.63) is 0 Å². The average molecular weight is 406 g/mol. The Labute approximate surface area is 163 Å². The highest BCUT2D eigenvalue weighted by Gasteiger charge is 2.56. The maximum Gasteiger partial charge on any atom is 0.329 e. The monoisotopic (exact) mass is 405 g/mol. The van der Waals surface area contributed by atoms with Crippen LogP contribution in [0.3, 0.4) is 0 Å². The molecule has 2 aliphatic heterocycles. The van der Waals surface area contributed by atoms with Crippen LogP contribution in [0.5, 0.6) is 0 Å². The number of hydrogen-bond acceptors (Lipinski definition) is 6. The van der Waals surface area contributed by atoms with E-state index in [9.17, 15) is 13.2 Å². The molecule has 0 aliphatic carbocycles. The molecule has 0 amide bonds. The second-order valence-corrected chi connectivity index (χ2v) is 10.9. The minimum Gasteiger partial charge on any atom is -0.459 e. The molecule has 0 spiro atoms. The fourth-order valence-electron chi connectivity index (χ4n) is 3.87. The van der Waals surface area contributed by atoms with Crippen molar-refractivity contribution >= 4 is 16.0 Å². The van der Waals surface area contributed by atoms with Gasteiger partial charge in [0.05, 0.1) is 0 Å². The van der Waals surface area contributed by atoms with Crippen molar-refractivity contribution in [3.63, 3.8) is 0 Å². The first-order valence-corrected chi connectivity index (χ1v) is 11.5. The van der Waals surface area contributed by atoms with Crippen LogP contribution in [0, 0.1) is 5.92 Å². The third-order valence-corrected chi connectivity index (χ3v) is 8.11. The van der Waals surface area contributed by atoms with Crippen molar-refractivity contribution in [1.29, 1.82) is 0 Å². The topological polar surface area (TPSA) is 93.1 Å². The average Bonchev–Trinajstić information content (AvgIpc) is 2.61. The zero-order chi connectivity index (χ0) is 20.1. The molecule has 2 heterocycles. The van der Waals surface area contributed by atoms with E-state index in [4.69, 9.17) is 14.6 Å². The molecular formula is C19H35NO6S. The first-order valence-electron chi connectivity index (χ1n) is 10.0. The summed E-state index contributed by atoms with van der Waals surface area (Å²) in [7, 11) is -3.83. The van der Waals surface area contributed by atoms with Gasteiger partial charge in [-0.2, -0.15) is 0 Å². The molecule has 0 bridgehead atoms. The normalized spacial score (nSPS) is 22.5. The van der Waals surface area contributed by atoms with Crippen molar-refractivity contribution in [2.24, 2.45) is 5.92 Å². The highest BCUT2D eigenvalue weighted by atomic mass is 32.2. The Morgan fingerprint density at radius 2 is 1.78 bits per heavy atom. The summed E-state index contributed by atoms with van der Waals surface area (Å²) in [5.74, 6) is -0.168. The molecule has 2 fully saturated rings. The number of carbonyl (C=O) groups is 1. The van der Waals surface area contributed by atoms with E-state index in [1.807, 2.05) is 0 Å². The van der Waals surface area contributed by atoms with Gasteiger partial charge in [0.2, 0.25) is 10.0 Å². The van der Waals surface area contributed by atoms with Crippen LogP contribution in [0.25, 0.3) is 0 Å². The first kappa shape index (κ1) is 22.6. The van der Waals surface area contributed by atoms with Crippen LogP contribution in [0.15, 0.2) is 0 Å². The van der Waals surface area contributed by atoms with Gasteiger partial charge in [0.25, 0.3) is 0 Å². The van der Waals surface area contributed by atoms with E-state index in [1.54, 1.807) is 20.8 Å². The summed E-state index contributed by atoms with van der Waals surface area (Å²) >= 11 is 0. The van der Waals surface area contributed by atoms with Gasteiger partial charge in [-0.3, -0.25) is 4.79 Å². The second kappa shape index (κ2) is 9.20. The standard InChI is InChI=1S/C19H35NO6S/c1-18(2,3)26-17(22)19(9-14-25-15-10-19)27(23,24)20-11-7-16(8-12-20)6-4-5-13-21/h16,21H,4-15H2,1-3H3. The summed E-state index contributed by atoms with van der Waals surface area (Å²) in [6.07, 6.45) is 4.64. The van der Waals surface area contributed by atoms with Gasteiger partial charge >= 0.3 is 5.97 Å². The Morgan fingerprint density at radius 1 is 1.19 bits per heavy atom. The molecule has 7 nitrogen and oxygen atoms in total.